The third kappa shape index (κ3) is 11.3. The van der Waals surface area contributed by atoms with E-state index in [9.17, 15) is 4.57 Å². The predicted octanol–water partition coefficient (Wildman–Crippen LogP) is 9.25. The van der Waals surface area contributed by atoms with Gasteiger partial charge in [-0.2, -0.15) is 0 Å². The van der Waals surface area contributed by atoms with Gasteiger partial charge in [0.2, 0.25) is 0 Å². The van der Waals surface area contributed by atoms with Gasteiger partial charge in [-0.1, -0.05) is 27.7 Å². The van der Waals surface area contributed by atoms with Crippen LogP contribution in [0.5, 0.6) is 0 Å². The van der Waals surface area contributed by atoms with E-state index in [0.717, 1.165) is 25.7 Å². The van der Waals surface area contributed by atoms with E-state index in [2.05, 4.69) is 27.7 Å². The molecule has 4 aliphatic heterocycles. The minimum absolute atomic E-state index is 0.229. The Labute approximate surface area is 283 Å². The fourth-order valence-corrected chi connectivity index (χ4v) is 11.4. The van der Waals surface area contributed by atoms with Crippen LogP contribution in [-0.2, 0) is 49.8 Å². The van der Waals surface area contributed by atoms with Gasteiger partial charge in [-0.3, -0.25) is 4.57 Å². The fourth-order valence-electron chi connectivity index (χ4n) is 6.55. The number of hydrogen-bond acceptors (Lipinski definition) is 11. The standard InChI is InChI=1S/C30H59O11P5/c1-9-27(17-32-42(5)33-18-27)13-25(14-28(10-2)19-34-43(6)35-20-28)40-46(31)41-26(15-29(11-3)21-36-44(7)37-22-29)16-30(12-4)23-38-45(8)39-24-30/h25-26,46H,9-24H2,1-8H3. The van der Waals surface area contributed by atoms with E-state index in [-0.39, 0.29) is 33.9 Å². The average Bonchev–Trinajstić information content (AvgIpc) is 3.06. The Morgan fingerprint density at radius 3 is 0.848 bits per heavy atom. The van der Waals surface area contributed by atoms with Crippen LogP contribution in [0.2, 0.25) is 0 Å². The Kier molecular flexibility index (Phi) is 16.1. The van der Waals surface area contributed by atoms with E-state index in [0.29, 0.717) is 78.5 Å². The van der Waals surface area contributed by atoms with Gasteiger partial charge in [0.05, 0.1) is 65.1 Å². The van der Waals surface area contributed by atoms with Crippen molar-refractivity contribution in [1.82, 2.24) is 0 Å². The van der Waals surface area contributed by atoms with Crippen LogP contribution in [0.25, 0.3) is 0 Å². The molecule has 46 heavy (non-hydrogen) atoms. The summed E-state index contributed by atoms with van der Waals surface area (Å²) in [4.78, 5) is 0. The summed E-state index contributed by atoms with van der Waals surface area (Å²) in [6, 6.07) is 0. The summed E-state index contributed by atoms with van der Waals surface area (Å²) in [5.41, 5.74) is -0.917. The molecule has 270 valence electrons. The van der Waals surface area contributed by atoms with Crippen molar-refractivity contribution in [3.8, 4) is 0 Å². The van der Waals surface area contributed by atoms with Gasteiger partial charge in [0.15, 0.2) is 33.5 Å². The van der Waals surface area contributed by atoms with Gasteiger partial charge in [-0.05, 0) is 51.4 Å². The Bertz CT molecular complexity index is 796. The molecule has 0 saturated carbocycles. The van der Waals surface area contributed by atoms with Crippen molar-refractivity contribution in [2.75, 3.05) is 79.5 Å². The second kappa shape index (κ2) is 18.3. The Balaban J connectivity index is 1.54. The lowest BCUT2D eigenvalue weighted by Gasteiger charge is -2.44. The third-order valence-corrected chi connectivity index (χ3v) is 15.6. The summed E-state index contributed by atoms with van der Waals surface area (Å²) in [5, 5.41) is 0. The van der Waals surface area contributed by atoms with Gasteiger partial charge >= 0.3 is 8.25 Å². The molecule has 0 aromatic heterocycles. The molecular weight excluding hydrogens is 691 g/mol. The molecule has 4 fully saturated rings. The highest BCUT2D eigenvalue weighted by atomic mass is 31.2. The van der Waals surface area contributed by atoms with Crippen molar-refractivity contribution in [3.05, 3.63) is 0 Å². The van der Waals surface area contributed by atoms with E-state index in [4.69, 9.17) is 45.2 Å². The highest BCUT2D eigenvalue weighted by molar-refractivity contribution is 7.47. The van der Waals surface area contributed by atoms with Gasteiger partial charge < -0.3 is 45.2 Å². The second-order valence-corrected chi connectivity index (χ2v) is 20.5. The zero-order valence-electron chi connectivity index (χ0n) is 29.2. The molecule has 0 radical (unpaired) electrons. The van der Waals surface area contributed by atoms with Gasteiger partial charge in [0, 0.05) is 48.3 Å². The van der Waals surface area contributed by atoms with E-state index >= 15 is 0 Å². The first-order valence-corrected chi connectivity index (χ1v) is 24.5. The Morgan fingerprint density at radius 1 is 0.478 bits per heavy atom. The van der Waals surface area contributed by atoms with Crippen molar-refractivity contribution < 1.29 is 49.8 Å². The average molecular weight is 751 g/mol. The molecule has 11 nitrogen and oxygen atoms in total. The van der Waals surface area contributed by atoms with Gasteiger partial charge in [-0.15, -0.1) is 0 Å². The zero-order chi connectivity index (χ0) is 33.4. The first-order valence-electron chi connectivity index (χ1n) is 16.8. The summed E-state index contributed by atoms with van der Waals surface area (Å²) >= 11 is 0. The first-order chi connectivity index (χ1) is 21.9. The van der Waals surface area contributed by atoms with Crippen LogP contribution >= 0.6 is 41.8 Å². The maximum Gasteiger partial charge on any atom is 0.319 e. The molecule has 16 heteroatoms. The lowest BCUT2D eigenvalue weighted by atomic mass is 9.75. The minimum Gasteiger partial charge on any atom is -0.334 e. The van der Waals surface area contributed by atoms with Crippen LogP contribution in [0.4, 0.5) is 0 Å². The lowest BCUT2D eigenvalue weighted by molar-refractivity contribution is -0.0520. The highest BCUT2D eigenvalue weighted by Gasteiger charge is 2.45. The summed E-state index contributed by atoms with van der Waals surface area (Å²) in [6.07, 6.45) is 5.39. The van der Waals surface area contributed by atoms with Crippen LogP contribution in [0.3, 0.4) is 0 Å². The fraction of sp³-hybridized carbons (Fsp3) is 1.00. The van der Waals surface area contributed by atoms with E-state index in [1.807, 2.05) is 26.7 Å². The van der Waals surface area contributed by atoms with E-state index in [1.165, 1.54) is 0 Å². The molecule has 4 heterocycles. The number of rotatable bonds is 16. The lowest BCUT2D eigenvalue weighted by Crippen LogP contribution is -2.43. The van der Waals surface area contributed by atoms with Crippen LogP contribution in [0.1, 0.15) is 79.1 Å². The molecule has 0 amide bonds. The molecule has 0 aliphatic carbocycles. The van der Waals surface area contributed by atoms with Crippen LogP contribution in [0.15, 0.2) is 0 Å². The van der Waals surface area contributed by atoms with Crippen LogP contribution < -0.4 is 0 Å². The normalized spacial score (nSPS) is 41.1. The largest absolute Gasteiger partial charge is 0.334 e. The monoisotopic (exact) mass is 750 g/mol. The molecule has 4 aliphatic rings. The van der Waals surface area contributed by atoms with Crippen molar-refractivity contribution in [1.29, 1.82) is 0 Å². The first kappa shape index (κ1) is 40.3. The summed E-state index contributed by atoms with van der Waals surface area (Å²) in [6.45, 7) is 21.4. The van der Waals surface area contributed by atoms with Crippen molar-refractivity contribution in [3.63, 3.8) is 0 Å². The summed E-state index contributed by atoms with van der Waals surface area (Å²) in [7, 11) is -6.44. The van der Waals surface area contributed by atoms with E-state index < -0.39 is 41.8 Å². The smallest absolute Gasteiger partial charge is 0.319 e. The van der Waals surface area contributed by atoms with Crippen LogP contribution in [-0.4, -0.2) is 91.7 Å². The van der Waals surface area contributed by atoms with Gasteiger partial charge in [0.1, 0.15) is 0 Å². The van der Waals surface area contributed by atoms with Crippen molar-refractivity contribution >= 4 is 41.8 Å². The molecule has 0 spiro atoms. The van der Waals surface area contributed by atoms with Crippen LogP contribution in [0, 0.1) is 21.7 Å². The third-order valence-electron chi connectivity index (χ3n) is 10.6. The highest BCUT2D eigenvalue weighted by Crippen LogP contribution is 2.53. The molecule has 0 N–H and O–H groups in total. The minimum atomic E-state index is -2.93. The molecule has 0 aromatic carbocycles. The molecule has 0 unspecified atom stereocenters. The van der Waals surface area contributed by atoms with Gasteiger partial charge in [-0.25, -0.2) is 0 Å². The molecular formula is C30H59O11P5. The van der Waals surface area contributed by atoms with Crippen molar-refractivity contribution in [2.45, 2.75) is 91.3 Å². The van der Waals surface area contributed by atoms with E-state index in [1.54, 1.807) is 0 Å². The Morgan fingerprint density at radius 2 is 0.674 bits per heavy atom. The molecule has 0 bridgehead atoms. The SMILES string of the molecule is CCC1(CC(CC2(CC)COP(C)OC2)O[PH](=O)OC(CC2(CC)COP(C)OC2)CC2(CC)COP(C)OC2)COP(C)OC1. The second-order valence-electron chi connectivity index (χ2n) is 13.9. The molecule has 4 saturated heterocycles. The summed E-state index contributed by atoms with van der Waals surface area (Å²) < 4.78 is 75.5. The summed E-state index contributed by atoms with van der Waals surface area (Å²) in [5.74, 6) is 0. The predicted molar refractivity (Wildman–Crippen MR) is 187 cm³/mol. The number of hydrogen-bond donors (Lipinski definition) is 0. The Hall–Kier alpha value is 1.55. The zero-order valence-corrected chi connectivity index (χ0v) is 33.8. The molecule has 0 atom stereocenters. The maximum atomic E-state index is 14.1. The quantitative estimate of drug-likeness (QED) is 0.141. The molecule has 0 aromatic rings. The molecule has 4 rings (SSSR count). The van der Waals surface area contributed by atoms with Crippen molar-refractivity contribution in [2.24, 2.45) is 21.7 Å². The topological polar surface area (TPSA) is 109 Å². The maximum absolute atomic E-state index is 14.1. The van der Waals surface area contributed by atoms with Gasteiger partial charge in [0.25, 0.3) is 0 Å².